The molecule has 0 spiro atoms. The van der Waals surface area contributed by atoms with Crippen LogP contribution in [0.5, 0.6) is 0 Å². The molecule has 3 atom stereocenters. The van der Waals surface area contributed by atoms with Crippen molar-refractivity contribution in [2.24, 2.45) is 5.92 Å². The van der Waals surface area contributed by atoms with E-state index in [1.165, 1.54) is 25.7 Å². The van der Waals surface area contributed by atoms with Crippen LogP contribution in [0.3, 0.4) is 0 Å². The number of hydrogen-bond donors (Lipinski definition) is 1. The summed E-state index contributed by atoms with van der Waals surface area (Å²) in [5.74, 6) is 0.893. The van der Waals surface area contributed by atoms with Crippen LogP contribution in [0.25, 0.3) is 0 Å². The maximum Gasteiger partial charge on any atom is 0.0986 e. The second-order valence-electron chi connectivity index (χ2n) is 5.39. The van der Waals surface area contributed by atoms with Gasteiger partial charge < -0.3 is 14.8 Å². The van der Waals surface area contributed by atoms with Gasteiger partial charge in [-0.2, -0.15) is 0 Å². The lowest BCUT2D eigenvalue weighted by Gasteiger charge is -2.45. The number of ether oxygens (including phenoxy) is 2. The Hall–Kier alpha value is -0.120. The van der Waals surface area contributed by atoms with Crippen LogP contribution in [0.4, 0.5) is 0 Å². The van der Waals surface area contributed by atoms with Gasteiger partial charge in [-0.3, -0.25) is 0 Å². The maximum atomic E-state index is 6.15. The van der Waals surface area contributed by atoms with Gasteiger partial charge in [0.1, 0.15) is 0 Å². The van der Waals surface area contributed by atoms with Gasteiger partial charge in [-0.1, -0.05) is 6.92 Å². The van der Waals surface area contributed by atoms with Crippen LogP contribution in [0.15, 0.2) is 0 Å². The van der Waals surface area contributed by atoms with Crippen molar-refractivity contribution in [3.63, 3.8) is 0 Å². The fourth-order valence-electron chi connectivity index (χ4n) is 2.93. The van der Waals surface area contributed by atoms with E-state index in [0.29, 0.717) is 18.2 Å². The number of nitrogens with one attached hydrogen (secondary N) is 1. The molecule has 0 aliphatic heterocycles. The quantitative estimate of drug-likeness (QED) is 0.796. The molecule has 2 rings (SSSR count). The highest BCUT2D eigenvalue weighted by Gasteiger charge is 2.42. The van der Waals surface area contributed by atoms with Crippen LogP contribution in [-0.2, 0) is 9.47 Å². The van der Waals surface area contributed by atoms with Crippen molar-refractivity contribution >= 4 is 0 Å². The van der Waals surface area contributed by atoms with Gasteiger partial charge in [0, 0.05) is 13.2 Å². The van der Waals surface area contributed by atoms with Crippen LogP contribution in [0.1, 0.15) is 39.0 Å². The highest BCUT2D eigenvalue weighted by molar-refractivity contribution is 4.97. The second-order valence-corrected chi connectivity index (χ2v) is 5.39. The predicted octanol–water partition coefficient (Wildman–Crippen LogP) is 1.96. The molecule has 0 radical (unpaired) electrons. The molecule has 94 valence electrons. The SMILES string of the molecule is CNC1CC(OC2CCC(C)CC2)C1OC. The molecule has 0 heterocycles. The van der Waals surface area contributed by atoms with Gasteiger partial charge in [-0.05, 0) is 45.1 Å². The Kier molecular flexibility index (Phi) is 4.22. The monoisotopic (exact) mass is 227 g/mol. The van der Waals surface area contributed by atoms with Gasteiger partial charge in [0.25, 0.3) is 0 Å². The summed E-state index contributed by atoms with van der Waals surface area (Å²) < 4.78 is 11.6. The molecule has 0 aromatic rings. The smallest absolute Gasteiger partial charge is 0.0986 e. The fourth-order valence-corrected chi connectivity index (χ4v) is 2.93. The third kappa shape index (κ3) is 2.58. The minimum atomic E-state index is 0.254. The zero-order valence-electron chi connectivity index (χ0n) is 10.7. The van der Waals surface area contributed by atoms with E-state index in [2.05, 4.69) is 12.2 Å². The summed E-state index contributed by atoms with van der Waals surface area (Å²) in [6.45, 7) is 2.34. The fraction of sp³-hybridized carbons (Fsp3) is 1.00. The average Bonchev–Trinajstić information content (AvgIpc) is 2.26. The van der Waals surface area contributed by atoms with Crippen molar-refractivity contribution in [1.29, 1.82) is 0 Å². The van der Waals surface area contributed by atoms with E-state index in [1.54, 1.807) is 7.11 Å². The Bertz CT molecular complexity index is 214. The Labute approximate surface area is 98.9 Å². The van der Waals surface area contributed by atoms with Crippen molar-refractivity contribution in [3.05, 3.63) is 0 Å². The number of likely N-dealkylation sites (N-methyl/N-ethyl adjacent to an activating group) is 1. The van der Waals surface area contributed by atoms with Crippen LogP contribution in [0, 0.1) is 5.92 Å². The summed E-state index contributed by atoms with van der Waals surface area (Å²) in [4.78, 5) is 0. The molecule has 2 saturated carbocycles. The van der Waals surface area contributed by atoms with Crippen LogP contribution in [-0.4, -0.2) is 38.5 Å². The summed E-state index contributed by atoms with van der Waals surface area (Å²) in [7, 11) is 3.78. The third-order valence-electron chi connectivity index (χ3n) is 4.22. The maximum absolute atomic E-state index is 6.15. The molecule has 2 aliphatic rings. The lowest BCUT2D eigenvalue weighted by atomic mass is 9.84. The first-order valence-electron chi connectivity index (χ1n) is 6.60. The Balaban J connectivity index is 1.74. The van der Waals surface area contributed by atoms with Gasteiger partial charge in [-0.15, -0.1) is 0 Å². The largest absolute Gasteiger partial charge is 0.377 e. The molecule has 3 nitrogen and oxygen atoms in total. The van der Waals surface area contributed by atoms with Crippen molar-refractivity contribution in [3.8, 4) is 0 Å². The summed E-state index contributed by atoms with van der Waals surface area (Å²) >= 11 is 0. The molecule has 2 fully saturated rings. The molecular weight excluding hydrogens is 202 g/mol. The van der Waals surface area contributed by atoms with Gasteiger partial charge in [0.05, 0.1) is 18.3 Å². The molecule has 0 amide bonds. The summed E-state index contributed by atoms with van der Waals surface area (Å²) in [5, 5.41) is 3.27. The predicted molar refractivity (Wildman–Crippen MR) is 64.6 cm³/mol. The Morgan fingerprint density at radius 3 is 2.38 bits per heavy atom. The molecule has 2 aliphatic carbocycles. The second kappa shape index (κ2) is 5.48. The molecule has 0 saturated heterocycles. The van der Waals surface area contributed by atoms with E-state index in [-0.39, 0.29) is 6.10 Å². The first-order chi connectivity index (χ1) is 7.74. The van der Waals surface area contributed by atoms with Gasteiger partial charge in [0.15, 0.2) is 0 Å². The van der Waals surface area contributed by atoms with Gasteiger partial charge in [-0.25, -0.2) is 0 Å². The number of hydrogen-bond acceptors (Lipinski definition) is 3. The molecule has 16 heavy (non-hydrogen) atoms. The van der Waals surface area contributed by atoms with E-state index >= 15 is 0 Å². The summed E-state index contributed by atoms with van der Waals surface area (Å²) in [6, 6.07) is 0.484. The molecule has 0 aromatic heterocycles. The zero-order chi connectivity index (χ0) is 11.5. The number of methoxy groups -OCH3 is 1. The summed E-state index contributed by atoms with van der Waals surface area (Å²) in [6.07, 6.45) is 7.27. The van der Waals surface area contributed by atoms with E-state index < -0.39 is 0 Å². The van der Waals surface area contributed by atoms with E-state index in [9.17, 15) is 0 Å². The van der Waals surface area contributed by atoms with E-state index in [4.69, 9.17) is 9.47 Å². The first kappa shape index (κ1) is 12.3. The first-order valence-corrected chi connectivity index (χ1v) is 6.60. The van der Waals surface area contributed by atoms with Crippen LogP contribution in [0.2, 0.25) is 0 Å². The van der Waals surface area contributed by atoms with Crippen molar-refractivity contribution < 1.29 is 9.47 Å². The topological polar surface area (TPSA) is 30.5 Å². The molecule has 0 bridgehead atoms. The van der Waals surface area contributed by atoms with Crippen molar-refractivity contribution in [2.45, 2.75) is 63.4 Å². The van der Waals surface area contributed by atoms with Crippen molar-refractivity contribution in [1.82, 2.24) is 5.32 Å². The molecular formula is C13H25NO2. The average molecular weight is 227 g/mol. The van der Waals surface area contributed by atoms with Crippen LogP contribution < -0.4 is 5.32 Å². The minimum Gasteiger partial charge on any atom is -0.377 e. The zero-order valence-corrected chi connectivity index (χ0v) is 10.7. The minimum absolute atomic E-state index is 0.254. The molecule has 1 N–H and O–H groups in total. The number of rotatable bonds is 4. The molecule has 3 heteroatoms. The summed E-state index contributed by atoms with van der Waals surface area (Å²) in [5.41, 5.74) is 0. The standard InChI is InChI=1S/C13H25NO2/c1-9-4-6-10(7-5-9)16-12-8-11(14-2)13(12)15-3/h9-14H,4-8H2,1-3H3. The normalized spacial score (nSPS) is 44.1. The van der Waals surface area contributed by atoms with Crippen molar-refractivity contribution in [2.75, 3.05) is 14.2 Å². The highest BCUT2D eigenvalue weighted by atomic mass is 16.5. The Morgan fingerprint density at radius 1 is 1.12 bits per heavy atom. The lowest BCUT2D eigenvalue weighted by molar-refractivity contribution is -0.162. The molecule has 3 unspecified atom stereocenters. The van der Waals surface area contributed by atoms with Gasteiger partial charge >= 0.3 is 0 Å². The molecule has 0 aromatic carbocycles. The van der Waals surface area contributed by atoms with Gasteiger partial charge in [0.2, 0.25) is 0 Å². The highest BCUT2D eigenvalue weighted by Crippen LogP contribution is 2.32. The Morgan fingerprint density at radius 2 is 1.81 bits per heavy atom. The van der Waals surface area contributed by atoms with E-state index in [1.807, 2.05) is 7.05 Å². The third-order valence-corrected chi connectivity index (χ3v) is 4.22. The van der Waals surface area contributed by atoms with E-state index in [0.717, 1.165) is 12.3 Å². The lowest BCUT2D eigenvalue weighted by Crippen LogP contribution is -2.59. The van der Waals surface area contributed by atoms with Crippen LogP contribution >= 0.6 is 0 Å².